The Labute approximate surface area is 323 Å². The number of hydrogen-bond donors (Lipinski definition) is 1. The molecular weight excluding hydrogens is 687 g/mol. The molecule has 56 heavy (non-hydrogen) atoms. The quantitative estimate of drug-likeness (QED) is 0.131. The Morgan fingerprint density at radius 2 is 1.04 bits per heavy atom. The number of para-hydroxylation sites is 1. The second-order valence-electron chi connectivity index (χ2n) is 13.9. The van der Waals surface area contributed by atoms with Crippen LogP contribution in [-0.4, -0.2) is 11.7 Å². The van der Waals surface area contributed by atoms with Crippen LogP contribution < -0.4 is 5.73 Å². The monoisotopic (exact) mass is 721 g/mol. The van der Waals surface area contributed by atoms with E-state index in [9.17, 15) is 0 Å². The molecule has 0 atom stereocenters. The summed E-state index contributed by atoms with van der Waals surface area (Å²) < 4.78 is 12.6. The molecule has 10 aromatic rings. The second kappa shape index (κ2) is 14.0. The van der Waals surface area contributed by atoms with Crippen LogP contribution in [0.2, 0.25) is 0 Å². The van der Waals surface area contributed by atoms with Crippen LogP contribution in [0.25, 0.3) is 77.3 Å². The molecule has 0 amide bonds. The largest absolute Gasteiger partial charge is 0.456 e. The topological polar surface area (TPSA) is 77.0 Å². The van der Waals surface area contributed by atoms with E-state index in [4.69, 9.17) is 24.6 Å². The third kappa shape index (κ3) is 6.11. The van der Waals surface area contributed by atoms with Crippen molar-refractivity contribution in [3.63, 3.8) is 0 Å². The fourth-order valence-corrected chi connectivity index (χ4v) is 7.65. The standard InChI is InChI=1S/C51H35N3O2/c52-50(54-51(53-32-33-12-3-1-4-13-33)42-20-11-23-47-49(42)41-18-7-8-21-44(41)55-47)39-17-9-16-38(30-39)40-19-10-22-46-48(40)43-31-37(28-29-45(43)56-46)36-26-24-35(25-27-36)34-14-5-2-6-15-34/h1-31H,32H2,(H2,52,53,54). The molecule has 0 unspecified atom stereocenters. The van der Waals surface area contributed by atoms with Crippen LogP contribution in [0.5, 0.6) is 0 Å². The number of hydrogen-bond acceptors (Lipinski definition) is 3. The van der Waals surface area contributed by atoms with Gasteiger partial charge in [-0.25, -0.2) is 4.99 Å². The average molecular weight is 722 g/mol. The summed E-state index contributed by atoms with van der Waals surface area (Å²) in [7, 11) is 0. The first-order valence-corrected chi connectivity index (χ1v) is 18.7. The Hall–Kier alpha value is -7.50. The van der Waals surface area contributed by atoms with Gasteiger partial charge >= 0.3 is 0 Å². The smallest absolute Gasteiger partial charge is 0.158 e. The highest BCUT2D eigenvalue weighted by Gasteiger charge is 2.17. The average Bonchev–Trinajstić information content (AvgIpc) is 3.84. The second-order valence-corrected chi connectivity index (χ2v) is 13.9. The van der Waals surface area contributed by atoms with Gasteiger partial charge in [-0.1, -0.05) is 152 Å². The van der Waals surface area contributed by atoms with E-state index in [1.54, 1.807) is 0 Å². The molecule has 2 heterocycles. The SMILES string of the molecule is NC(=NC(=NCc1ccccc1)c1cccc2oc3ccccc3c12)c1cccc(-c2cccc3oc4ccc(-c5ccc(-c6ccccc6)cc5)cc4c23)c1. The fraction of sp³-hybridized carbons (Fsp3) is 0.0196. The van der Waals surface area contributed by atoms with Gasteiger partial charge in [-0.3, -0.25) is 4.99 Å². The molecule has 5 heteroatoms. The molecule has 0 radical (unpaired) electrons. The molecular formula is C51H35N3O2. The summed E-state index contributed by atoms with van der Waals surface area (Å²) in [4.78, 5) is 10.1. The predicted molar refractivity (Wildman–Crippen MR) is 231 cm³/mol. The van der Waals surface area contributed by atoms with Gasteiger partial charge in [-0.05, 0) is 75.3 Å². The van der Waals surface area contributed by atoms with Gasteiger partial charge in [-0.2, -0.15) is 0 Å². The lowest BCUT2D eigenvalue weighted by molar-refractivity contribution is 0.668. The Kier molecular flexibility index (Phi) is 8.30. The van der Waals surface area contributed by atoms with Crippen LogP contribution in [0.1, 0.15) is 16.7 Å². The Bertz CT molecular complexity index is 3100. The van der Waals surface area contributed by atoms with E-state index in [1.165, 1.54) is 11.1 Å². The number of fused-ring (bicyclic) bond motifs is 6. The van der Waals surface area contributed by atoms with Crippen molar-refractivity contribution in [2.75, 3.05) is 0 Å². The summed E-state index contributed by atoms with van der Waals surface area (Å²) in [5.41, 5.74) is 19.7. The third-order valence-electron chi connectivity index (χ3n) is 10.4. The lowest BCUT2D eigenvalue weighted by atomic mass is 9.95. The summed E-state index contributed by atoms with van der Waals surface area (Å²) in [6.07, 6.45) is 0. The van der Waals surface area contributed by atoms with E-state index in [-0.39, 0.29) is 0 Å². The number of amidine groups is 2. The van der Waals surface area contributed by atoms with E-state index >= 15 is 0 Å². The van der Waals surface area contributed by atoms with Crippen molar-refractivity contribution in [3.8, 4) is 33.4 Å². The van der Waals surface area contributed by atoms with E-state index in [0.29, 0.717) is 18.2 Å². The van der Waals surface area contributed by atoms with Crippen molar-refractivity contribution in [2.24, 2.45) is 15.7 Å². The molecule has 0 spiro atoms. The van der Waals surface area contributed by atoms with Crippen molar-refractivity contribution in [1.29, 1.82) is 0 Å². The number of furan rings is 2. The maximum absolute atomic E-state index is 6.92. The highest BCUT2D eigenvalue weighted by Crippen LogP contribution is 2.39. The molecule has 0 saturated heterocycles. The maximum atomic E-state index is 6.92. The minimum Gasteiger partial charge on any atom is -0.456 e. The zero-order chi connectivity index (χ0) is 37.4. The minimum absolute atomic E-state index is 0.369. The summed E-state index contributed by atoms with van der Waals surface area (Å²) in [5.74, 6) is 0.912. The van der Waals surface area contributed by atoms with Gasteiger partial charge in [0.2, 0.25) is 0 Å². The molecule has 10 rings (SSSR count). The molecule has 2 aromatic heterocycles. The third-order valence-corrected chi connectivity index (χ3v) is 10.4. The van der Waals surface area contributed by atoms with Crippen LogP contribution in [0.3, 0.4) is 0 Å². The maximum Gasteiger partial charge on any atom is 0.158 e. The molecule has 5 nitrogen and oxygen atoms in total. The first-order valence-electron chi connectivity index (χ1n) is 18.7. The van der Waals surface area contributed by atoms with Gasteiger partial charge in [0.15, 0.2) is 5.84 Å². The van der Waals surface area contributed by atoms with E-state index < -0.39 is 0 Å². The zero-order valence-corrected chi connectivity index (χ0v) is 30.4. The summed E-state index contributed by atoms with van der Waals surface area (Å²) >= 11 is 0. The molecule has 2 N–H and O–H groups in total. The molecule has 0 bridgehead atoms. The van der Waals surface area contributed by atoms with Gasteiger partial charge in [0.25, 0.3) is 0 Å². The molecule has 8 aromatic carbocycles. The summed E-state index contributed by atoms with van der Waals surface area (Å²) in [6.45, 7) is 0.452. The van der Waals surface area contributed by atoms with Crippen molar-refractivity contribution in [1.82, 2.24) is 0 Å². The summed E-state index contributed by atoms with van der Waals surface area (Å²) in [6, 6.07) is 64.3. The van der Waals surface area contributed by atoms with E-state index in [0.717, 1.165) is 82.8 Å². The molecule has 266 valence electrons. The fourth-order valence-electron chi connectivity index (χ4n) is 7.65. The Balaban J connectivity index is 1.05. The number of nitrogens with two attached hydrogens (primary N) is 1. The van der Waals surface area contributed by atoms with Gasteiger partial charge in [-0.15, -0.1) is 0 Å². The molecule has 0 aliphatic heterocycles. The number of aliphatic imine (C=N–C) groups is 2. The van der Waals surface area contributed by atoms with Crippen molar-refractivity contribution in [3.05, 3.63) is 205 Å². The number of benzene rings is 8. The Morgan fingerprint density at radius 3 is 1.84 bits per heavy atom. The lowest BCUT2D eigenvalue weighted by Gasteiger charge is -2.10. The van der Waals surface area contributed by atoms with E-state index in [2.05, 4.69) is 103 Å². The van der Waals surface area contributed by atoms with Crippen LogP contribution in [0.4, 0.5) is 0 Å². The normalized spacial score (nSPS) is 12.3. The highest BCUT2D eigenvalue weighted by molar-refractivity contribution is 6.21. The van der Waals surface area contributed by atoms with Crippen molar-refractivity contribution < 1.29 is 8.83 Å². The van der Waals surface area contributed by atoms with Gasteiger partial charge < -0.3 is 14.6 Å². The first-order chi connectivity index (χ1) is 27.7. The molecule has 0 aliphatic carbocycles. The number of rotatable bonds is 7. The molecule has 0 fully saturated rings. The molecule has 0 aliphatic rings. The van der Waals surface area contributed by atoms with Crippen molar-refractivity contribution in [2.45, 2.75) is 6.54 Å². The predicted octanol–water partition coefficient (Wildman–Crippen LogP) is 12.8. The minimum atomic E-state index is 0.369. The van der Waals surface area contributed by atoms with Gasteiger partial charge in [0.1, 0.15) is 28.2 Å². The zero-order valence-electron chi connectivity index (χ0n) is 30.4. The van der Waals surface area contributed by atoms with Gasteiger partial charge in [0.05, 0.1) is 6.54 Å². The first kappa shape index (κ1) is 33.1. The van der Waals surface area contributed by atoms with Crippen LogP contribution in [0.15, 0.2) is 207 Å². The van der Waals surface area contributed by atoms with Crippen LogP contribution >= 0.6 is 0 Å². The number of nitrogens with zero attached hydrogens (tertiary/aromatic N) is 2. The van der Waals surface area contributed by atoms with Crippen molar-refractivity contribution >= 4 is 55.5 Å². The van der Waals surface area contributed by atoms with Crippen LogP contribution in [0, 0.1) is 0 Å². The van der Waals surface area contributed by atoms with Gasteiger partial charge in [0, 0.05) is 32.7 Å². The lowest BCUT2D eigenvalue weighted by Crippen LogP contribution is -2.16. The summed E-state index contributed by atoms with van der Waals surface area (Å²) in [5, 5.41) is 4.09. The van der Waals surface area contributed by atoms with Crippen LogP contribution in [-0.2, 0) is 6.54 Å². The Morgan fingerprint density at radius 1 is 0.446 bits per heavy atom. The van der Waals surface area contributed by atoms with E-state index in [1.807, 2.05) is 84.9 Å². The molecule has 0 saturated carbocycles. The highest BCUT2D eigenvalue weighted by atomic mass is 16.3.